The Morgan fingerprint density at radius 2 is 0.865 bits per heavy atom. The zero-order valence-electron chi connectivity index (χ0n) is 33.8. The van der Waals surface area contributed by atoms with Crippen molar-refractivity contribution in [3.05, 3.63) is 85.1 Å². The first kappa shape index (κ1) is 49.1. The number of ether oxygens (including phenoxy) is 3. The molecule has 0 heterocycles. The number of allylic oxidation sites excluding steroid dienone is 14. The highest BCUT2D eigenvalue weighted by Crippen LogP contribution is 2.11. The van der Waals surface area contributed by atoms with Crippen molar-refractivity contribution >= 4 is 11.9 Å². The van der Waals surface area contributed by atoms with Crippen LogP contribution in [-0.4, -0.2) is 37.9 Å². The van der Waals surface area contributed by atoms with Gasteiger partial charge < -0.3 is 14.2 Å². The first-order chi connectivity index (χ1) is 25.6. The van der Waals surface area contributed by atoms with Crippen LogP contribution in [0.3, 0.4) is 0 Å². The summed E-state index contributed by atoms with van der Waals surface area (Å²) in [5.41, 5.74) is 0. The monoisotopic (exact) mass is 723 g/mol. The van der Waals surface area contributed by atoms with Crippen molar-refractivity contribution in [2.45, 2.75) is 181 Å². The number of carbonyl (C=O) groups is 2. The third-order valence-corrected chi connectivity index (χ3v) is 8.43. The molecule has 0 aliphatic heterocycles. The molecule has 0 radical (unpaired) electrons. The van der Waals surface area contributed by atoms with Gasteiger partial charge in [0, 0.05) is 19.4 Å². The maximum Gasteiger partial charge on any atom is 0.306 e. The molecular formula is C47H78O5. The Kier molecular flexibility index (Phi) is 40.1. The summed E-state index contributed by atoms with van der Waals surface area (Å²) in [5, 5.41) is 0. The minimum absolute atomic E-state index is 0.0486. The van der Waals surface area contributed by atoms with Gasteiger partial charge in [-0.2, -0.15) is 0 Å². The number of unbranched alkanes of at least 4 members (excludes halogenated alkanes) is 12. The molecule has 52 heavy (non-hydrogen) atoms. The number of hydrogen-bond donors (Lipinski definition) is 0. The summed E-state index contributed by atoms with van der Waals surface area (Å²) in [4.78, 5) is 25.1. The van der Waals surface area contributed by atoms with Gasteiger partial charge in [-0.3, -0.25) is 9.59 Å². The lowest BCUT2D eigenvalue weighted by Gasteiger charge is -2.18. The summed E-state index contributed by atoms with van der Waals surface area (Å²) < 4.78 is 17.2. The van der Waals surface area contributed by atoms with Crippen LogP contribution in [0.2, 0.25) is 0 Å². The zero-order valence-corrected chi connectivity index (χ0v) is 33.8. The van der Waals surface area contributed by atoms with Crippen LogP contribution >= 0.6 is 0 Å². The van der Waals surface area contributed by atoms with Crippen LogP contribution in [0.5, 0.6) is 0 Å². The van der Waals surface area contributed by atoms with Gasteiger partial charge in [0.1, 0.15) is 6.61 Å². The van der Waals surface area contributed by atoms with Gasteiger partial charge in [0.25, 0.3) is 0 Å². The van der Waals surface area contributed by atoms with Gasteiger partial charge in [-0.05, 0) is 89.9 Å². The fraction of sp³-hybridized carbons (Fsp3) is 0.660. The fourth-order valence-electron chi connectivity index (χ4n) is 5.34. The van der Waals surface area contributed by atoms with Crippen LogP contribution in [0, 0.1) is 0 Å². The van der Waals surface area contributed by atoms with E-state index in [9.17, 15) is 9.59 Å². The molecule has 5 heteroatoms. The van der Waals surface area contributed by atoms with E-state index in [2.05, 4.69) is 106 Å². The average molecular weight is 723 g/mol. The second-order valence-electron chi connectivity index (χ2n) is 13.5. The van der Waals surface area contributed by atoms with E-state index in [4.69, 9.17) is 14.2 Å². The van der Waals surface area contributed by atoms with Crippen molar-refractivity contribution in [1.82, 2.24) is 0 Å². The summed E-state index contributed by atoms with van der Waals surface area (Å²) in [6.07, 6.45) is 54.4. The third kappa shape index (κ3) is 39.9. The lowest BCUT2D eigenvalue weighted by molar-refractivity contribution is -0.163. The van der Waals surface area contributed by atoms with E-state index in [1.165, 1.54) is 38.5 Å². The molecule has 1 unspecified atom stereocenters. The number of rotatable bonds is 37. The Hall–Kier alpha value is -2.92. The van der Waals surface area contributed by atoms with Crippen LogP contribution < -0.4 is 0 Å². The molecule has 0 spiro atoms. The molecule has 0 aliphatic rings. The molecule has 0 saturated carbocycles. The van der Waals surface area contributed by atoms with E-state index >= 15 is 0 Å². The lowest BCUT2D eigenvalue weighted by Crippen LogP contribution is -2.30. The SMILES string of the molecule is CC/C=C\C/C=C\C/C=C\C/C=C\CCCCC(=O)OCC(COCCCCCCCCCC)OC(=O)CCCCC/C=C\C/C=C\C/C=C\CC. The van der Waals surface area contributed by atoms with E-state index in [1.807, 2.05) is 0 Å². The van der Waals surface area contributed by atoms with Gasteiger partial charge in [-0.25, -0.2) is 0 Å². The molecule has 0 amide bonds. The molecule has 0 saturated heterocycles. The molecular weight excluding hydrogens is 645 g/mol. The number of esters is 2. The predicted molar refractivity (Wildman–Crippen MR) is 223 cm³/mol. The van der Waals surface area contributed by atoms with Crippen LogP contribution in [0.15, 0.2) is 85.1 Å². The summed E-state index contributed by atoms with van der Waals surface area (Å²) >= 11 is 0. The summed E-state index contributed by atoms with van der Waals surface area (Å²) in [6, 6.07) is 0. The van der Waals surface area contributed by atoms with E-state index < -0.39 is 6.10 Å². The van der Waals surface area contributed by atoms with Gasteiger partial charge in [-0.15, -0.1) is 0 Å². The lowest BCUT2D eigenvalue weighted by atomic mass is 10.1. The van der Waals surface area contributed by atoms with Crippen molar-refractivity contribution in [1.29, 1.82) is 0 Å². The highest BCUT2D eigenvalue weighted by molar-refractivity contribution is 5.70. The van der Waals surface area contributed by atoms with Gasteiger partial charge in [0.05, 0.1) is 6.61 Å². The summed E-state index contributed by atoms with van der Waals surface area (Å²) in [5.74, 6) is -0.487. The molecule has 296 valence electrons. The molecule has 1 atom stereocenters. The van der Waals surface area contributed by atoms with E-state index in [0.29, 0.717) is 19.4 Å². The Morgan fingerprint density at radius 3 is 1.40 bits per heavy atom. The van der Waals surface area contributed by atoms with E-state index in [0.717, 1.165) is 103 Å². The first-order valence-electron chi connectivity index (χ1n) is 21.1. The third-order valence-electron chi connectivity index (χ3n) is 8.43. The van der Waals surface area contributed by atoms with E-state index in [1.54, 1.807) is 0 Å². The maximum atomic E-state index is 12.7. The highest BCUT2D eigenvalue weighted by atomic mass is 16.6. The fourth-order valence-corrected chi connectivity index (χ4v) is 5.34. The predicted octanol–water partition coefficient (Wildman–Crippen LogP) is 13.8. The van der Waals surface area contributed by atoms with Crippen molar-refractivity contribution in [2.75, 3.05) is 19.8 Å². The molecule has 0 aliphatic carbocycles. The van der Waals surface area contributed by atoms with Crippen molar-refractivity contribution < 1.29 is 23.8 Å². The molecule has 5 nitrogen and oxygen atoms in total. The van der Waals surface area contributed by atoms with Crippen molar-refractivity contribution in [3.63, 3.8) is 0 Å². The Balaban J connectivity index is 4.35. The molecule has 0 fully saturated rings. The maximum absolute atomic E-state index is 12.7. The quantitative estimate of drug-likeness (QED) is 0.0363. The van der Waals surface area contributed by atoms with Crippen LogP contribution in [0.4, 0.5) is 0 Å². The van der Waals surface area contributed by atoms with Crippen LogP contribution in [0.25, 0.3) is 0 Å². The second-order valence-corrected chi connectivity index (χ2v) is 13.5. The molecule has 0 aromatic carbocycles. The normalized spacial score (nSPS) is 13.1. The van der Waals surface area contributed by atoms with Gasteiger partial charge in [0.15, 0.2) is 6.10 Å². The molecule has 0 bridgehead atoms. The highest BCUT2D eigenvalue weighted by Gasteiger charge is 2.17. The Bertz CT molecular complexity index is 999. The van der Waals surface area contributed by atoms with Crippen LogP contribution in [-0.2, 0) is 23.8 Å². The first-order valence-corrected chi connectivity index (χ1v) is 21.1. The topological polar surface area (TPSA) is 61.8 Å². The summed E-state index contributed by atoms with van der Waals surface area (Å²) in [7, 11) is 0. The minimum atomic E-state index is -0.566. The molecule has 0 N–H and O–H groups in total. The smallest absolute Gasteiger partial charge is 0.306 e. The van der Waals surface area contributed by atoms with Gasteiger partial charge >= 0.3 is 11.9 Å². The standard InChI is InChI=1S/C47H78O5/c1-4-7-10-13-16-19-21-23-24-26-27-29-31-34-37-40-46(48)51-44-45(43-50-42-39-36-33-18-15-12-9-6-3)52-47(49)41-38-35-32-30-28-25-22-20-17-14-11-8-5-2/h7-8,10-11,16-17,19-20,23-25,27-29,45H,4-6,9,12-15,18,21-22,26,30-44H2,1-3H3/b10-7-,11-8-,19-16-,20-17-,24-23-,28-25-,29-27-. The molecule has 0 rings (SSSR count). The van der Waals surface area contributed by atoms with Crippen LogP contribution in [0.1, 0.15) is 175 Å². The Morgan fingerprint density at radius 1 is 0.442 bits per heavy atom. The summed E-state index contributed by atoms with van der Waals surface area (Å²) in [6.45, 7) is 7.48. The van der Waals surface area contributed by atoms with Gasteiger partial charge in [0.2, 0.25) is 0 Å². The second kappa shape index (κ2) is 42.5. The molecule has 0 aromatic heterocycles. The minimum Gasteiger partial charge on any atom is -0.462 e. The van der Waals surface area contributed by atoms with Gasteiger partial charge in [-0.1, -0.05) is 157 Å². The molecule has 0 aromatic rings. The average Bonchev–Trinajstić information content (AvgIpc) is 3.14. The zero-order chi connectivity index (χ0) is 37.8. The number of hydrogen-bond acceptors (Lipinski definition) is 5. The van der Waals surface area contributed by atoms with Crippen molar-refractivity contribution in [2.24, 2.45) is 0 Å². The number of carbonyl (C=O) groups excluding carboxylic acids is 2. The van der Waals surface area contributed by atoms with Crippen molar-refractivity contribution in [3.8, 4) is 0 Å². The van der Waals surface area contributed by atoms with E-state index in [-0.39, 0.29) is 25.2 Å². The largest absolute Gasteiger partial charge is 0.462 e. The Labute approximate surface area is 320 Å².